The summed E-state index contributed by atoms with van der Waals surface area (Å²) in [5.74, 6) is 1.34. The molecule has 1 aliphatic carbocycles. The molecule has 1 unspecified atom stereocenters. The van der Waals surface area contributed by atoms with E-state index in [1.54, 1.807) is 6.20 Å². The largest absolute Gasteiger partial charge is 0.467 e. The van der Waals surface area contributed by atoms with E-state index in [0.717, 1.165) is 5.82 Å². The SMILES string of the molecule is COC(=O)C(C)n1ccnc1C1CCCCC1. The van der Waals surface area contributed by atoms with Gasteiger partial charge in [-0.2, -0.15) is 0 Å². The minimum absolute atomic E-state index is 0.208. The first-order valence-corrected chi connectivity index (χ1v) is 6.34. The Morgan fingerprint density at radius 3 is 2.82 bits per heavy atom. The first-order valence-electron chi connectivity index (χ1n) is 6.34. The zero-order valence-corrected chi connectivity index (χ0v) is 10.6. The molecule has 0 bridgehead atoms. The van der Waals surface area contributed by atoms with Gasteiger partial charge in [0.05, 0.1) is 7.11 Å². The van der Waals surface area contributed by atoms with Gasteiger partial charge >= 0.3 is 5.97 Å². The zero-order chi connectivity index (χ0) is 12.3. The number of imidazole rings is 1. The van der Waals surface area contributed by atoms with Crippen molar-refractivity contribution in [2.75, 3.05) is 7.11 Å². The van der Waals surface area contributed by atoms with E-state index in [4.69, 9.17) is 4.74 Å². The predicted octanol–water partition coefficient (Wildman–Crippen LogP) is 2.66. The quantitative estimate of drug-likeness (QED) is 0.758. The predicted molar refractivity (Wildman–Crippen MR) is 64.8 cm³/mol. The van der Waals surface area contributed by atoms with Crippen molar-refractivity contribution >= 4 is 5.97 Å². The van der Waals surface area contributed by atoms with Crippen LogP contribution in [-0.4, -0.2) is 22.6 Å². The van der Waals surface area contributed by atoms with Crippen LogP contribution in [0.3, 0.4) is 0 Å². The van der Waals surface area contributed by atoms with Gasteiger partial charge in [0.1, 0.15) is 11.9 Å². The molecule has 0 N–H and O–H groups in total. The van der Waals surface area contributed by atoms with E-state index in [1.165, 1.54) is 39.2 Å². The van der Waals surface area contributed by atoms with Gasteiger partial charge in [-0.1, -0.05) is 19.3 Å². The number of hydrogen-bond donors (Lipinski definition) is 0. The second-order valence-electron chi connectivity index (χ2n) is 4.73. The average molecular weight is 236 g/mol. The summed E-state index contributed by atoms with van der Waals surface area (Å²) in [5.41, 5.74) is 0. The average Bonchev–Trinajstić information content (AvgIpc) is 2.87. The van der Waals surface area contributed by atoms with Crippen LogP contribution >= 0.6 is 0 Å². The summed E-state index contributed by atoms with van der Waals surface area (Å²) < 4.78 is 6.75. The van der Waals surface area contributed by atoms with Crippen LogP contribution in [0.4, 0.5) is 0 Å². The molecule has 0 saturated heterocycles. The van der Waals surface area contributed by atoms with Gasteiger partial charge in [0.2, 0.25) is 0 Å². The first kappa shape index (κ1) is 12.1. The van der Waals surface area contributed by atoms with Gasteiger partial charge in [0, 0.05) is 18.3 Å². The Hall–Kier alpha value is -1.32. The molecular weight excluding hydrogens is 216 g/mol. The molecule has 0 aromatic carbocycles. The molecule has 17 heavy (non-hydrogen) atoms. The second-order valence-corrected chi connectivity index (χ2v) is 4.73. The van der Waals surface area contributed by atoms with E-state index in [1.807, 2.05) is 17.7 Å². The standard InChI is InChI=1S/C13H20N2O2/c1-10(13(16)17-2)15-9-8-14-12(15)11-6-4-3-5-7-11/h8-11H,3-7H2,1-2H3. The van der Waals surface area contributed by atoms with Crippen molar-refractivity contribution in [1.82, 2.24) is 9.55 Å². The van der Waals surface area contributed by atoms with Crippen LogP contribution in [0, 0.1) is 0 Å². The van der Waals surface area contributed by atoms with Crippen LogP contribution in [0.2, 0.25) is 0 Å². The lowest BCUT2D eigenvalue weighted by Gasteiger charge is -2.23. The van der Waals surface area contributed by atoms with Crippen LogP contribution in [0.25, 0.3) is 0 Å². The monoisotopic (exact) mass is 236 g/mol. The van der Waals surface area contributed by atoms with Crippen LogP contribution in [-0.2, 0) is 9.53 Å². The van der Waals surface area contributed by atoms with Crippen LogP contribution in [0.5, 0.6) is 0 Å². The van der Waals surface area contributed by atoms with E-state index in [-0.39, 0.29) is 12.0 Å². The topological polar surface area (TPSA) is 44.1 Å². The second kappa shape index (κ2) is 5.34. The van der Waals surface area contributed by atoms with E-state index in [2.05, 4.69) is 4.98 Å². The van der Waals surface area contributed by atoms with Gasteiger partial charge in [-0.25, -0.2) is 9.78 Å². The van der Waals surface area contributed by atoms with Crippen LogP contribution < -0.4 is 0 Å². The smallest absolute Gasteiger partial charge is 0.328 e. The summed E-state index contributed by atoms with van der Waals surface area (Å²) in [6.45, 7) is 1.86. The molecule has 94 valence electrons. The molecule has 1 atom stereocenters. The van der Waals surface area contributed by atoms with Gasteiger partial charge < -0.3 is 9.30 Å². The van der Waals surface area contributed by atoms with Crippen molar-refractivity contribution in [3.8, 4) is 0 Å². The number of ether oxygens (including phenoxy) is 1. The number of nitrogens with zero attached hydrogens (tertiary/aromatic N) is 2. The Bertz CT molecular complexity index is 381. The lowest BCUT2D eigenvalue weighted by atomic mass is 9.88. The number of carbonyl (C=O) groups excluding carboxylic acids is 1. The minimum Gasteiger partial charge on any atom is -0.467 e. The maximum atomic E-state index is 11.6. The number of hydrogen-bond acceptors (Lipinski definition) is 3. The third-order valence-electron chi connectivity index (χ3n) is 3.63. The molecule has 0 radical (unpaired) electrons. The van der Waals surface area contributed by atoms with E-state index in [9.17, 15) is 4.79 Å². The van der Waals surface area contributed by atoms with E-state index in [0.29, 0.717) is 5.92 Å². The Balaban J connectivity index is 2.18. The molecule has 0 amide bonds. The van der Waals surface area contributed by atoms with Crippen LogP contribution in [0.15, 0.2) is 12.4 Å². The highest BCUT2D eigenvalue weighted by Crippen LogP contribution is 2.32. The summed E-state index contributed by atoms with van der Waals surface area (Å²) >= 11 is 0. The highest BCUT2D eigenvalue weighted by Gasteiger charge is 2.24. The first-order chi connectivity index (χ1) is 8.24. The molecule has 1 aliphatic rings. The number of aromatic nitrogens is 2. The van der Waals surface area contributed by atoms with Crippen molar-refractivity contribution in [1.29, 1.82) is 0 Å². The van der Waals surface area contributed by atoms with Gasteiger partial charge in [-0.05, 0) is 19.8 Å². The van der Waals surface area contributed by atoms with Crippen molar-refractivity contribution in [3.63, 3.8) is 0 Å². The van der Waals surface area contributed by atoms with Crippen LogP contribution in [0.1, 0.15) is 56.8 Å². The minimum atomic E-state index is -0.278. The number of esters is 1. The molecular formula is C13H20N2O2. The molecule has 1 fully saturated rings. The number of carbonyl (C=O) groups is 1. The third kappa shape index (κ3) is 2.51. The molecule has 4 heteroatoms. The summed E-state index contributed by atoms with van der Waals surface area (Å²) in [7, 11) is 1.43. The maximum Gasteiger partial charge on any atom is 0.328 e. The van der Waals surface area contributed by atoms with Gasteiger partial charge in [-0.15, -0.1) is 0 Å². The highest BCUT2D eigenvalue weighted by atomic mass is 16.5. The molecule has 1 heterocycles. The lowest BCUT2D eigenvalue weighted by molar-refractivity contribution is -0.144. The fourth-order valence-corrected chi connectivity index (χ4v) is 2.61. The van der Waals surface area contributed by atoms with Gasteiger partial charge in [0.25, 0.3) is 0 Å². The molecule has 1 aromatic rings. The summed E-state index contributed by atoms with van der Waals surface area (Å²) in [6, 6.07) is -0.278. The molecule has 0 aliphatic heterocycles. The molecule has 4 nitrogen and oxygen atoms in total. The Morgan fingerprint density at radius 2 is 2.18 bits per heavy atom. The highest BCUT2D eigenvalue weighted by molar-refractivity contribution is 5.73. The Labute approximate surface area is 102 Å². The maximum absolute atomic E-state index is 11.6. The van der Waals surface area contributed by atoms with Crippen molar-refractivity contribution < 1.29 is 9.53 Å². The van der Waals surface area contributed by atoms with E-state index < -0.39 is 0 Å². The molecule has 1 saturated carbocycles. The lowest BCUT2D eigenvalue weighted by Crippen LogP contribution is -2.21. The number of rotatable bonds is 3. The van der Waals surface area contributed by atoms with Gasteiger partial charge in [-0.3, -0.25) is 0 Å². The van der Waals surface area contributed by atoms with E-state index >= 15 is 0 Å². The van der Waals surface area contributed by atoms with Crippen molar-refractivity contribution in [2.45, 2.75) is 51.0 Å². The molecule has 1 aromatic heterocycles. The molecule has 0 spiro atoms. The fourth-order valence-electron chi connectivity index (χ4n) is 2.61. The number of methoxy groups -OCH3 is 1. The Morgan fingerprint density at radius 1 is 1.47 bits per heavy atom. The van der Waals surface area contributed by atoms with Crippen molar-refractivity contribution in [3.05, 3.63) is 18.2 Å². The summed E-state index contributed by atoms with van der Waals surface area (Å²) in [6.07, 6.45) is 9.89. The molecule has 2 rings (SSSR count). The fraction of sp³-hybridized carbons (Fsp3) is 0.692. The summed E-state index contributed by atoms with van der Waals surface area (Å²) in [5, 5.41) is 0. The normalized spacial score (nSPS) is 18.9. The third-order valence-corrected chi connectivity index (χ3v) is 3.63. The van der Waals surface area contributed by atoms with Crippen molar-refractivity contribution in [2.24, 2.45) is 0 Å². The zero-order valence-electron chi connectivity index (χ0n) is 10.6. The summed E-state index contributed by atoms with van der Waals surface area (Å²) in [4.78, 5) is 16.0. The van der Waals surface area contributed by atoms with Gasteiger partial charge in [0.15, 0.2) is 0 Å². The Kier molecular flexibility index (Phi) is 3.82.